The number of fused-ring (bicyclic) bond motifs is 1. The van der Waals surface area contributed by atoms with Crippen LogP contribution in [0.4, 0.5) is 16.3 Å². The molecule has 31 heavy (non-hydrogen) atoms. The van der Waals surface area contributed by atoms with E-state index >= 15 is 0 Å². The molecule has 0 atom stereocenters. The van der Waals surface area contributed by atoms with Crippen molar-refractivity contribution in [3.8, 4) is 11.3 Å². The average molecular weight is 520 g/mol. The van der Waals surface area contributed by atoms with Crippen LogP contribution in [-0.2, 0) is 0 Å². The number of anilines is 2. The lowest BCUT2D eigenvalue weighted by atomic mass is 10.1. The molecule has 158 valence electrons. The second kappa shape index (κ2) is 9.55. The number of halogens is 3. The summed E-state index contributed by atoms with van der Waals surface area (Å²) in [5, 5.41) is 14.2. The fourth-order valence-corrected chi connectivity index (χ4v) is 3.73. The summed E-state index contributed by atoms with van der Waals surface area (Å²) in [6.07, 6.45) is 1.68. The molecule has 2 aromatic heterocycles. The van der Waals surface area contributed by atoms with E-state index in [0.717, 1.165) is 15.9 Å². The summed E-state index contributed by atoms with van der Waals surface area (Å²) in [5.74, 6) is 0.721. The van der Waals surface area contributed by atoms with E-state index in [4.69, 9.17) is 23.2 Å². The van der Waals surface area contributed by atoms with Gasteiger partial charge < -0.3 is 16.0 Å². The zero-order valence-electron chi connectivity index (χ0n) is 16.1. The summed E-state index contributed by atoms with van der Waals surface area (Å²) < 4.78 is 2.45. The lowest BCUT2D eigenvalue weighted by Crippen LogP contribution is -2.33. The standard InChI is InChI=1S/C21H17BrCl2N6O/c22-14-12-27-30-19(11-18(28-20(14)30)13-5-1-2-6-15(13)23)25-9-10-26-21(31)29-17-8-4-3-7-16(17)24/h1-8,11-12,25H,9-10H2,(H2,26,29,31). The predicted molar refractivity (Wildman–Crippen MR) is 128 cm³/mol. The van der Waals surface area contributed by atoms with E-state index in [1.165, 1.54) is 0 Å². The van der Waals surface area contributed by atoms with Crippen LogP contribution in [0.15, 0.2) is 65.3 Å². The summed E-state index contributed by atoms with van der Waals surface area (Å²) in [7, 11) is 0. The van der Waals surface area contributed by atoms with Gasteiger partial charge in [-0.15, -0.1) is 0 Å². The third kappa shape index (κ3) is 4.92. The number of rotatable bonds is 6. The van der Waals surface area contributed by atoms with Crippen LogP contribution < -0.4 is 16.0 Å². The molecule has 0 unspecified atom stereocenters. The smallest absolute Gasteiger partial charge is 0.319 e. The SMILES string of the molecule is O=C(NCCNc1cc(-c2ccccc2Cl)nc2c(Br)cnn12)Nc1ccccc1Cl. The maximum absolute atomic E-state index is 12.1. The molecule has 10 heteroatoms. The minimum atomic E-state index is -0.339. The Labute approximate surface area is 196 Å². The number of hydrogen-bond acceptors (Lipinski definition) is 4. The molecule has 4 rings (SSSR count). The van der Waals surface area contributed by atoms with E-state index in [0.29, 0.717) is 40.2 Å². The van der Waals surface area contributed by atoms with Crippen molar-refractivity contribution >= 4 is 62.3 Å². The van der Waals surface area contributed by atoms with Crippen LogP contribution in [0.5, 0.6) is 0 Å². The number of para-hydroxylation sites is 1. The van der Waals surface area contributed by atoms with Crippen LogP contribution >= 0.6 is 39.1 Å². The number of benzene rings is 2. The van der Waals surface area contributed by atoms with Crippen LogP contribution in [0.25, 0.3) is 16.9 Å². The fraction of sp³-hybridized carbons (Fsp3) is 0.0952. The Bertz CT molecular complexity index is 1250. The lowest BCUT2D eigenvalue weighted by Gasteiger charge is -2.12. The van der Waals surface area contributed by atoms with Crippen molar-refractivity contribution in [1.29, 1.82) is 0 Å². The molecule has 0 bridgehead atoms. The summed E-state index contributed by atoms with van der Waals surface area (Å²) in [4.78, 5) is 16.8. The molecule has 0 saturated carbocycles. The monoisotopic (exact) mass is 518 g/mol. The first-order valence-corrected chi connectivity index (χ1v) is 10.9. The zero-order valence-corrected chi connectivity index (χ0v) is 19.2. The molecule has 0 aliphatic carbocycles. The van der Waals surface area contributed by atoms with Gasteiger partial charge in [-0.3, -0.25) is 0 Å². The molecule has 4 aromatic rings. The molecule has 0 radical (unpaired) electrons. The molecule has 0 spiro atoms. The molecule has 0 fully saturated rings. The van der Waals surface area contributed by atoms with Crippen molar-refractivity contribution in [2.45, 2.75) is 0 Å². The first-order valence-electron chi connectivity index (χ1n) is 9.35. The summed E-state index contributed by atoms with van der Waals surface area (Å²) in [5.41, 5.74) is 2.74. The average Bonchev–Trinajstić information content (AvgIpc) is 3.14. The maximum atomic E-state index is 12.1. The first-order chi connectivity index (χ1) is 15.0. The van der Waals surface area contributed by atoms with E-state index in [-0.39, 0.29) is 6.03 Å². The molecular formula is C21H17BrCl2N6O. The van der Waals surface area contributed by atoms with Crippen LogP contribution in [0.2, 0.25) is 10.0 Å². The van der Waals surface area contributed by atoms with Crippen LogP contribution in [0.3, 0.4) is 0 Å². The van der Waals surface area contributed by atoms with Gasteiger partial charge in [-0.1, -0.05) is 53.5 Å². The minimum absolute atomic E-state index is 0.339. The highest BCUT2D eigenvalue weighted by Gasteiger charge is 2.13. The van der Waals surface area contributed by atoms with Gasteiger partial charge in [0, 0.05) is 29.7 Å². The molecule has 2 heterocycles. The van der Waals surface area contributed by atoms with Crippen molar-refractivity contribution in [2.75, 3.05) is 23.7 Å². The van der Waals surface area contributed by atoms with E-state index in [2.05, 4.69) is 42.0 Å². The fourth-order valence-electron chi connectivity index (χ4n) is 2.96. The molecule has 7 nitrogen and oxygen atoms in total. The zero-order chi connectivity index (χ0) is 21.8. The Balaban J connectivity index is 1.45. The van der Waals surface area contributed by atoms with E-state index in [9.17, 15) is 4.79 Å². The van der Waals surface area contributed by atoms with E-state index < -0.39 is 0 Å². The van der Waals surface area contributed by atoms with E-state index in [1.54, 1.807) is 35.0 Å². The molecule has 3 N–H and O–H groups in total. The number of hydrogen-bond donors (Lipinski definition) is 3. The number of nitrogens with one attached hydrogen (secondary N) is 3. The highest BCUT2D eigenvalue weighted by Crippen LogP contribution is 2.30. The number of carbonyl (C=O) groups excluding carboxylic acids is 1. The van der Waals surface area contributed by atoms with Gasteiger partial charge in [-0.05, 0) is 34.1 Å². The second-order valence-corrected chi connectivity index (χ2v) is 8.19. The van der Waals surface area contributed by atoms with Crippen molar-refractivity contribution in [3.63, 3.8) is 0 Å². The quantitative estimate of drug-likeness (QED) is 0.285. The van der Waals surface area contributed by atoms with Crippen LogP contribution in [-0.4, -0.2) is 33.7 Å². The van der Waals surface area contributed by atoms with Gasteiger partial charge in [0.05, 0.1) is 27.1 Å². The maximum Gasteiger partial charge on any atom is 0.319 e. The van der Waals surface area contributed by atoms with Gasteiger partial charge in [0.1, 0.15) is 5.82 Å². The highest BCUT2D eigenvalue weighted by atomic mass is 79.9. The van der Waals surface area contributed by atoms with Gasteiger partial charge >= 0.3 is 6.03 Å². The number of amides is 2. The Morgan fingerprint density at radius 3 is 2.55 bits per heavy atom. The molecule has 0 saturated heterocycles. The third-order valence-electron chi connectivity index (χ3n) is 4.42. The molecule has 2 aromatic carbocycles. The number of nitrogens with zero attached hydrogens (tertiary/aromatic N) is 3. The number of carbonyl (C=O) groups is 1. The normalized spacial score (nSPS) is 10.8. The van der Waals surface area contributed by atoms with Gasteiger partial charge in [-0.2, -0.15) is 9.61 Å². The second-order valence-electron chi connectivity index (χ2n) is 6.52. The molecule has 0 aliphatic rings. The summed E-state index contributed by atoms with van der Waals surface area (Å²) >= 11 is 15.9. The summed E-state index contributed by atoms with van der Waals surface area (Å²) in [6, 6.07) is 16.1. The van der Waals surface area contributed by atoms with Crippen LogP contribution in [0.1, 0.15) is 0 Å². The third-order valence-corrected chi connectivity index (χ3v) is 5.64. The highest BCUT2D eigenvalue weighted by molar-refractivity contribution is 9.10. The van der Waals surface area contributed by atoms with E-state index in [1.807, 2.05) is 30.3 Å². The summed E-state index contributed by atoms with van der Waals surface area (Å²) in [6.45, 7) is 0.846. The van der Waals surface area contributed by atoms with Gasteiger partial charge in [0.25, 0.3) is 0 Å². The predicted octanol–water partition coefficient (Wildman–Crippen LogP) is 5.70. The first kappa shape index (κ1) is 21.4. The number of aromatic nitrogens is 3. The van der Waals surface area contributed by atoms with Crippen LogP contribution in [0, 0.1) is 0 Å². The van der Waals surface area contributed by atoms with Crippen molar-refractivity contribution in [2.24, 2.45) is 0 Å². The van der Waals surface area contributed by atoms with Gasteiger partial charge in [0.2, 0.25) is 0 Å². The molecule has 0 aliphatic heterocycles. The Hall–Kier alpha value is -2.81. The Kier molecular flexibility index (Phi) is 6.60. The lowest BCUT2D eigenvalue weighted by molar-refractivity contribution is 0.252. The van der Waals surface area contributed by atoms with Gasteiger partial charge in [-0.25, -0.2) is 9.78 Å². The number of urea groups is 1. The molecule has 2 amide bonds. The van der Waals surface area contributed by atoms with Gasteiger partial charge in [0.15, 0.2) is 5.65 Å². The Morgan fingerprint density at radius 1 is 1.03 bits per heavy atom. The van der Waals surface area contributed by atoms with Crippen molar-refractivity contribution in [3.05, 3.63) is 75.3 Å². The Morgan fingerprint density at radius 2 is 1.77 bits per heavy atom. The largest absolute Gasteiger partial charge is 0.368 e. The van der Waals surface area contributed by atoms with Crippen molar-refractivity contribution < 1.29 is 4.79 Å². The minimum Gasteiger partial charge on any atom is -0.368 e. The molecular weight excluding hydrogens is 503 g/mol. The van der Waals surface area contributed by atoms with Crippen molar-refractivity contribution in [1.82, 2.24) is 19.9 Å². The topological polar surface area (TPSA) is 83.3 Å².